The van der Waals surface area contributed by atoms with Crippen LogP contribution in [0.5, 0.6) is 0 Å². The van der Waals surface area contributed by atoms with Crippen LogP contribution in [0.1, 0.15) is 37.8 Å². The Morgan fingerprint density at radius 2 is 1.74 bits per heavy atom. The summed E-state index contributed by atoms with van der Waals surface area (Å²) in [4.78, 5) is 4.87. The second-order valence-corrected chi connectivity index (χ2v) is 6.23. The number of benzene rings is 1. The highest BCUT2D eigenvalue weighted by Crippen LogP contribution is 2.38. The standard InChI is InChI=1S/C16H27N3/c1-13(14-6-8-15(17)9-7-14)19(4)12-16(18(2)3)10-5-11-16/h6-9,13H,5,10-12,17H2,1-4H3. The van der Waals surface area contributed by atoms with Crippen LogP contribution in [-0.2, 0) is 0 Å². The van der Waals surface area contributed by atoms with Gasteiger partial charge in [-0.3, -0.25) is 4.90 Å². The normalized spacial score (nSPS) is 19.5. The van der Waals surface area contributed by atoms with Crippen molar-refractivity contribution in [3.8, 4) is 0 Å². The van der Waals surface area contributed by atoms with Gasteiger partial charge in [-0.15, -0.1) is 0 Å². The molecular weight excluding hydrogens is 234 g/mol. The van der Waals surface area contributed by atoms with Crippen molar-refractivity contribution < 1.29 is 0 Å². The average Bonchev–Trinajstić information content (AvgIpc) is 2.33. The molecule has 1 aliphatic rings. The van der Waals surface area contributed by atoms with Gasteiger partial charge in [0, 0.05) is 23.8 Å². The minimum atomic E-state index is 0.386. The van der Waals surface area contributed by atoms with Gasteiger partial charge in [-0.1, -0.05) is 12.1 Å². The largest absolute Gasteiger partial charge is 0.399 e. The minimum absolute atomic E-state index is 0.386. The predicted molar refractivity (Wildman–Crippen MR) is 82.2 cm³/mol. The van der Waals surface area contributed by atoms with Gasteiger partial charge < -0.3 is 10.6 Å². The summed E-state index contributed by atoms with van der Waals surface area (Å²) in [5.74, 6) is 0. The lowest BCUT2D eigenvalue weighted by molar-refractivity contribution is 0.0179. The first-order chi connectivity index (χ1) is 8.94. The maximum Gasteiger partial charge on any atom is 0.0330 e. The molecule has 0 aromatic heterocycles. The fraction of sp³-hybridized carbons (Fsp3) is 0.625. The second kappa shape index (κ2) is 5.51. The van der Waals surface area contributed by atoms with Crippen LogP contribution in [0.25, 0.3) is 0 Å². The van der Waals surface area contributed by atoms with Gasteiger partial charge in [0.1, 0.15) is 0 Å². The molecule has 1 aromatic carbocycles. The van der Waals surface area contributed by atoms with Crippen molar-refractivity contribution in [1.82, 2.24) is 9.80 Å². The SMILES string of the molecule is CC(c1ccc(N)cc1)N(C)CC1(N(C)C)CCC1. The molecule has 0 radical (unpaired) electrons. The molecule has 2 rings (SSSR count). The molecule has 1 saturated carbocycles. The minimum Gasteiger partial charge on any atom is -0.399 e. The highest BCUT2D eigenvalue weighted by Gasteiger charge is 2.40. The Balaban J connectivity index is 2.03. The van der Waals surface area contributed by atoms with Gasteiger partial charge >= 0.3 is 0 Å². The summed E-state index contributed by atoms with van der Waals surface area (Å²) >= 11 is 0. The molecule has 0 spiro atoms. The first-order valence-corrected chi connectivity index (χ1v) is 7.18. The van der Waals surface area contributed by atoms with E-state index in [2.05, 4.69) is 50.0 Å². The molecule has 1 unspecified atom stereocenters. The van der Waals surface area contributed by atoms with Crippen molar-refractivity contribution in [1.29, 1.82) is 0 Å². The van der Waals surface area contributed by atoms with Crippen LogP contribution >= 0.6 is 0 Å². The Kier molecular flexibility index (Phi) is 4.16. The van der Waals surface area contributed by atoms with Crippen LogP contribution in [0.4, 0.5) is 5.69 Å². The number of nitrogen functional groups attached to an aromatic ring is 1. The lowest BCUT2D eigenvalue weighted by atomic mass is 9.75. The molecule has 0 amide bonds. The zero-order chi connectivity index (χ0) is 14.0. The molecule has 1 fully saturated rings. The van der Waals surface area contributed by atoms with Crippen molar-refractivity contribution in [3.05, 3.63) is 29.8 Å². The first-order valence-electron chi connectivity index (χ1n) is 7.18. The molecular formula is C16H27N3. The molecule has 1 atom stereocenters. The van der Waals surface area contributed by atoms with E-state index in [1.165, 1.54) is 24.8 Å². The van der Waals surface area contributed by atoms with E-state index in [1.807, 2.05) is 12.1 Å². The van der Waals surface area contributed by atoms with Crippen LogP contribution in [0.2, 0.25) is 0 Å². The molecule has 3 nitrogen and oxygen atoms in total. The summed E-state index contributed by atoms with van der Waals surface area (Å²) in [5, 5.41) is 0. The fourth-order valence-electron chi connectivity index (χ4n) is 2.96. The molecule has 0 aliphatic heterocycles. The van der Waals surface area contributed by atoms with Gasteiger partial charge in [-0.05, 0) is 65.0 Å². The number of likely N-dealkylation sites (N-methyl/N-ethyl adjacent to an activating group) is 2. The molecule has 2 N–H and O–H groups in total. The Morgan fingerprint density at radius 3 is 2.16 bits per heavy atom. The van der Waals surface area contributed by atoms with Gasteiger partial charge in [0.05, 0.1) is 0 Å². The Labute approximate surface area is 117 Å². The van der Waals surface area contributed by atoms with E-state index >= 15 is 0 Å². The molecule has 0 saturated heterocycles. The van der Waals surface area contributed by atoms with Gasteiger partial charge in [0.2, 0.25) is 0 Å². The second-order valence-electron chi connectivity index (χ2n) is 6.23. The maximum atomic E-state index is 5.75. The van der Waals surface area contributed by atoms with Crippen molar-refractivity contribution in [2.24, 2.45) is 0 Å². The Morgan fingerprint density at radius 1 is 1.16 bits per heavy atom. The van der Waals surface area contributed by atoms with Crippen molar-refractivity contribution >= 4 is 5.69 Å². The van der Waals surface area contributed by atoms with Crippen LogP contribution in [0.15, 0.2) is 24.3 Å². The van der Waals surface area contributed by atoms with E-state index in [1.54, 1.807) is 0 Å². The average molecular weight is 261 g/mol. The summed E-state index contributed by atoms with van der Waals surface area (Å²) in [6.07, 6.45) is 4.00. The highest BCUT2D eigenvalue weighted by molar-refractivity contribution is 5.40. The molecule has 1 aliphatic carbocycles. The van der Waals surface area contributed by atoms with Gasteiger partial charge in [-0.25, -0.2) is 0 Å². The van der Waals surface area contributed by atoms with E-state index in [4.69, 9.17) is 5.73 Å². The van der Waals surface area contributed by atoms with Crippen LogP contribution < -0.4 is 5.73 Å². The highest BCUT2D eigenvalue weighted by atomic mass is 15.2. The lowest BCUT2D eigenvalue weighted by Crippen LogP contribution is -2.56. The first kappa shape index (κ1) is 14.4. The molecule has 19 heavy (non-hydrogen) atoms. The van der Waals surface area contributed by atoms with Crippen LogP contribution in [-0.4, -0.2) is 43.0 Å². The third-order valence-corrected chi connectivity index (χ3v) is 4.86. The van der Waals surface area contributed by atoms with E-state index in [0.717, 1.165) is 12.2 Å². The summed E-state index contributed by atoms with van der Waals surface area (Å²) in [6, 6.07) is 8.69. The molecule has 106 valence electrons. The summed E-state index contributed by atoms with van der Waals surface area (Å²) in [6.45, 7) is 3.40. The number of hydrogen-bond acceptors (Lipinski definition) is 3. The summed E-state index contributed by atoms with van der Waals surface area (Å²) in [7, 11) is 6.65. The monoisotopic (exact) mass is 261 g/mol. The topological polar surface area (TPSA) is 32.5 Å². The van der Waals surface area contributed by atoms with Gasteiger partial charge in [0.15, 0.2) is 0 Å². The number of anilines is 1. The smallest absolute Gasteiger partial charge is 0.0330 e. The Bertz CT molecular complexity index is 407. The molecule has 0 bridgehead atoms. The van der Waals surface area contributed by atoms with Crippen molar-refractivity contribution in [3.63, 3.8) is 0 Å². The quantitative estimate of drug-likeness (QED) is 0.827. The van der Waals surface area contributed by atoms with Crippen molar-refractivity contribution in [2.75, 3.05) is 33.4 Å². The van der Waals surface area contributed by atoms with E-state index in [-0.39, 0.29) is 0 Å². The van der Waals surface area contributed by atoms with Gasteiger partial charge in [0.25, 0.3) is 0 Å². The fourth-order valence-corrected chi connectivity index (χ4v) is 2.96. The van der Waals surface area contributed by atoms with E-state index in [0.29, 0.717) is 11.6 Å². The van der Waals surface area contributed by atoms with E-state index < -0.39 is 0 Å². The van der Waals surface area contributed by atoms with Gasteiger partial charge in [-0.2, -0.15) is 0 Å². The number of nitrogens with two attached hydrogens (primary N) is 1. The number of rotatable bonds is 5. The molecule has 3 heteroatoms. The third kappa shape index (κ3) is 2.93. The number of nitrogens with zero attached hydrogens (tertiary/aromatic N) is 2. The summed E-state index contributed by atoms with van der Waals surface area (Å²) < 4.78 is 0. The van der Waals surface area contributed by atoms with Crippen molar-refractivity contribution in [2.45, 2.75) is 37.8 Å². The van der Waals surface area contributed by atoms with Crippen LogP contribution in [0.3, 0.4) is 0 Å². The maximum absolute atomic E-state index is 5.75. The summed E-state index contributed by atoms with van der Waals surface area (Å²) in [5.41, 5.74) is 8.31. The molecule has 0 heterocycles. The zero-order valence-electron chi connectivity index (χ0n) is 12.7. The zero-order valence-corrected chi connectivity index (χ0v) is 12.7. The van der Waals surface area contributed by atoms with E-state index in [9.17, 15) is 0 Å². The third-order valence-electron chi connectivity index (χ3n) is 4.86. The number of hydrogen-bond donors (Lipinski definition) is 1. The lowest BCUT2D eigenvalue weighted by Gasteiger charge is -2.50. The molecule has 1 aromatic rings. The predicted octanol–water partition coefficient (Wildman–Crippen LogP) is 2.75. The Hall–Kier alpha value is -1.06. The van der Waals surface area contributed by atoms with Crippen LogP contribution in [0, 0.1) is 0 Å².